The van der Waals surface area contributed by atoms with Crippen molar-refractivity contribution in [3.8, 4) is 0 Å². The van der Waals surface area contributed by atoms with Crippen molar-refractivity contribution in [3.05, 3.63) is 0 Å². The van der Waals surface area contributed by atoms with Crippen LogP contribution in [0.4, 0.5) is 0 Å². The van der Waals surface area contributed by atoms with Crippen LogP contribution in [-0.2, 0) is 4.79 Å². The van der Waals surface area contributed by atoms with E-state index in [-0.39, 0.29) is 29.0 Å². The minimum atomic E-state index is -0.665. The first-order chi connectivity index (χ1) is 12.0. The number of alkyl halides is 2. The standard InChI is InChI=1S/C18H30Cl2N2O3/c19-13-3-4-14(23)15(16(13)20)17(24)11-2-1-8-22(9-6-11)18(25)12-5-7-21-10-12/h11-17,21,23-24H,1-10H2/t11-,12-,13?,14?,15?,16?,17+/m0/s1. The Morgan fingerprint density at radius 1 is 1.12 bits per heavy atom. The molecule has 0 aromatic heterocycles. The molecule has 3 fully saturated rings. The van der Waals surface area contributed by atoms with Gasteiger partial charge >= 0.3 is 0 Å². The largest absolute Gasteiger partial charge is 0.393 e. The molecule has 0 radical (unpaired) electrons. The zero-order valence-corrected chi connectivity index (χ0v) is 16.1. The van der Waals surface area contributed by atoms with E-state index in [4.69, 9.17) is 23.2 Å². The van der Waals surface area contributed by atoms with Gasteiger partial charge in [0.25, 0.3) is 0 Å². The summed E-state index contributed by atoms with van der Waals surface area (Å²) < 4.78 is 0. The summed E-state index contributed by atoms with van der Waals surface area (Å²) in [4.78, 5) is 14.6. The maximum absolute atomic E-state index is 12.6. The van der Waals surface area contributed by atoms with Crippen molar-refractivity contribution in [2.75, 3.05) is 26.2 Å². The van der Waals surface area contributed by atoms with Crippen LogP contribution in [0.25, 0.3) is 0 Å². The van der Waals surface area contributed by atoms with Gasteiger partial charge in [-0.3, -0.25) is 4.79 Å². The number of halogens is 2. The van der Waals surface area contributed by atoms with Gasteiger partial charge in [0.2, 0.25) is 5.91 Å². The minimum Gasteiger partial charge on any atom is -0.393 e. The number of likely N-dealkylation sites (tertiary alicyclic amines) is 1. The number of nitrogens with zero attached hydrogens (tertiary/aromatic N) is 1. The summed E-state index contributed by atoms with van der Waals surface area (Å²) in [7, 11) is 0. The highest BCUT2D eigenvalue weighted by Gasteiger charge is 2.43. The predicted molar refractivity (Wildman–Crippen MR) is 98.9 cm³/mol. The van der Waals surface area contributed by atoms with Gasteiger partial charge in [-0.2, -0.15) is 0 Å². The Hall–Kier alpha value is -0.0700. The highest BCUT2D eigenvalue weighted by Crippen LogP contribution is 2.38. The zero-order chi connectivity index (χ0) is 18.0. The van der Waals surface area contributed by atoms with Crippen LogP contribution in [0.5, 0.6) is 0 Å². The van der Waals surface area contributed by atoms with Crippen molar-refractivity contribution in [1.29, 1.82) is 0 Å². The molecule has 0 aromatic rings. The molecule has 2 aliphatic heterocycles. The molecule has 25 heavy (non-hydrogen) atoms. The molecule has 1 saturated carbocycles. The molecule has 3 N–H and O–H groups in total. The van der Waals surface area contributed by atoms with Gasteiger partial charge in [-0.15, -0.1) is 23.2 Å². The van der Waals surface area contributed by atoms with Crippen molar-refractivity contribution < 1.29 is 15.0 Å². The first-order valence-electron chi connectivity index (χ1n) is 9.62. The summed E-state index contributed by atoms with van der Waals surface area (Å²) in [5, 5.41) is 23.9. The summed E-state index contributed by atoms with van der Waals surface area (Å²) in [6.07, 6.45) is 3.42. The third-order valence-electron chi connectivity index (χ3n) is 6.27. The van der Waals surface area contributed by atoms with E-state index in [9.17, 15) is 15.0 Å². The Morgan fingerprint density at radius 3 is 2.64 bits per heavy atom. The summed E-state index contributed by atoms with van der Waals surface area (Å²) in [6, 6.07) is 0. The van der Waals surface area contributed by atoms with E-state index >= 15 is 0 Å². The van der Waals surface area contributed by atoms with E-state index in [1.54, 1.807) is 0 Å². The lowest BCUT2D eigenvalue weighted by molar-refractivity contribution is -0.135. The maximum Gasteiger partial charge on any atom is 0.227 e. The molecule has 144 valence electrons. The van der Waals surface area contributed by atoms with Crippen LogP contribution in [0.3, 0.4) is 0 Å². The van der Waals surface area contributed by atoms with Crippen molar-refractivity contribution in [2.45, 2.75) is 61.5 Å². The van der Waals surface area contributed by atoms with Crippen LogP contribution in [0.15, 0.2) is 0 Å². The van der Waals surface area contributed by atoms with E-state index < -0.39 is 17.6 Å². The fourth-order valence-corrected chi connectivity index (χ4v) is 5.41. The fourth-order valence-electron chi connectivity index (χ4n) is 4.67. The Morgan fingerprint density at radius 2 is 1.92 bits per heavy atom. The van der Waals surface area contributed by atoms with Crippen LogP contribution in [0.2, 0.25) is 0 Å². The van der Waals surface area contributed by atoms with Gasteiger partial charge < -0.3 is 20.4 Å². The number of carbonyl (C=O) groups is 1. The molecule has 1 amide bonds. The maximum atomic E-state index is 12.6. The molecule has 1 aliphatic carbocycles. The van der Waals surface area contributed by atoms with E-state index in [0.717, 1.165) is 45.3 Å². The second-order valence-corrected chi connectivity index (χ2v) is 8.94. The molecule has 3 rings (SSSR count). The zero-order valence-electron chi connectivity index (χ0n) is 14.6. The fraction of sp³-hybridized carbons (Fsp3) is 0.944. The van der Waals surface area contributed by atoms with E-state index in [1.165, 1.54) is 0 Å². The summed E-state index contributed by atoms with van der Waals surface area (Å²) in [5.74, 6) is 0.0197. The monoisotopic (exact) mass is 392 g/mol. The molecular weight excluding hydrogens is 363 g/mol. The normalized spacial score (nSPS) is 41.4. The number of hydrogen-bond acceptors (Lipinski definition) is 4. The Labute approximate surface area is 160 Å². The number of amides is 1. The molecule has 0 bridgehead atoms. The highest BCUT2D eigenvalue weighted by atomic mass is 35.5. The van der Waals surface area contributed by atoms with Crippen molar-refractivity contribution in [3.63, 3.8) is 0 Å². The molecule has 0 aromatic carbocycles. The average Bonchev–Trinajstić information content (AvgIpc) is 3.02. The average molecular weight is 393 g/mol. The van der Waals surface area contributed by atoms with Gasteiger partial charge in [-0.05, 0) is 51.0 Å². The number of aliphatic hydroxyl groups excluding tert-OH is 2. The van der Waals surface area contributed by atoms with Gasteiger partial charge in [-0.1, -0.05) is 0 Å². The van der Waals surface area contributed by atoms with Gasteiger partial charge in [0.15, 0.2) is 0 Å². The molecule has 5 nitrogen and oxygen atoms in total. The SMILES string of the molecule is O=C([C@H]1CCNC1)N1CCC[C@H]([C@@H](O)C2C(O)CCC(Cl)C2Cl)CC1. The summed E-state index contributed by atoms with van der Waals surface area (Å²) >= 11 is 12.7. The van der Waals surface area contributed by atoms with Crippen molar-refractivity contribution in [1.82, 2.24) is 10.2 Å². The quantitative estimate of drug-likeness (QED) is 0.637. The lowest BCUT2D eigenvalue weighted by Gasteiger charge is -2.40. The summed E-state index contributed by atoms with van der Waals surface area (Å²) in [6.45, 7) is 3.13. The topological polar surface area (TPSA) is 72.8 Å². The molecular formula is C18H30Cl2N2O3. The van der Waals surface area contributed by atoms with Gasteiger partial charge in [0.1, 0.15) is 0 Å². The highest BCUT2D eigenvalue weighted by molar-refractivity contribution is 6.30. The smallest absolute Gasteiger partial charge is 0.227 e. The van der Waals surface area contributed by atoms with Crippen LogP contribution in [-0.4, -0.2) is 70.2 Å². The van der Waals surface area contributed by atoms with Gasteiger partial charge in [-0.25, -0.2) is 0 Å². The predicted octanol–water partition coefficient (Wildman–Crippen LogP) is 1.57. The third-order valence-corrected chi connectivity index (χ3v) is 7.48. The number of nitrogens with one attached hydrogen (secondary N) is 1. The Balaban J connectivity index is 1.59. The molecule has 3 aliphatic rings. The van der Waals surface area contributed by atoms with E-state index in [1.807, 2.05) is 4.90 Å². The van der Waals surface area contributed by atoms with Crippen molar-refractivity contribution in [2.24, 2.45) is 17.8 Å². The van der Waals surface area contributed by atoms with Crippen LogP contribution in [0.1, 0.15) is 38.5 Å². The second kappa shape index (κ2) is 8.75. The van der Waals surface area contributed by atoms with E-state index in [2.05, 4.69) is 5.32 Å². The Bertz CT molecular complexity index is 462. The lowest BCUT2D eigenvalue weighted by Crippen LogP contribution is -2.48. The Kier molecular flexibility index (Phi) is 6.89. The number of hydrogen-bond donors (Lipinski definition) is 3. The molecule has 7 heteroatoms. The first-order valence-corrected chi connectivity index (χ1v) is 10.5. The molecule has 0 spiro atoms. The summed E-state index contributed by atoms with van der Waals surface area (Å²) in [5.41, 5.74) is 0. The number of aliphatic hydroxyl groups is 2. The molecule has 2 saturated heterocycles. The number of rotatable bonds is 3. The number of carbonyl (C=O) groups excluding carboxylic acids is 1. The minimum absolute atomic E-state index is 0.0577. The molecule has 7 atom stereocenters. The molecule has 2 heterocycles. The van der Waals surface area contributed by atoms with Crippen LogP contribution >= 0.6 is 23.2 Å². The molecule has 4 unspecified atom stereocenters. The van der Waals surface area contributed by atoms with Gasteiger partial charge in [0, 0.05) is 25.6 Å². The van der Waals surface area contributed by atoms with Crippen LogP contribution < -0.4 is 5.32 Å². The second-order valence-electron chi connectivity index (χ2n) is 7.88. The third kappa shape index (κ3) is 4.44. The van der Waals surface area contributed by atoms with Crippen LogP contribution in [0, 0.1) is 17.8 Å². The lowest BCUT2D eigenvalue weighted by atomic mass is 9.76. The first kappa shape index (κ1) is 19.7. The van der Waals surface area contributed by atoms with Crippen molar-refractivity contribution >= 4 is 29.1 Å². The van der Waals surface area contributed by atoms with E-state index in [0.29, 0.717) is 19.4 Å². The van der Waals surface area contributed by atoms with Gasteiger partial charge in [0.05, 0.1) is 28.9 Å².